The van der Waals surface area contributed by atoms with Crippen molar-refractivity contribution in [1.29, 1.82) is 0 Å². The molecule has 0 unspecified atom stereocenters. The van der Waals surface area contributed by atoms with E-state index in [9.17, 15) is 13.0 Å². The number of para-hydroxylation sites is 2. The summed E-state index contributed by atoms with van der Waals surface area (Å²) in [6.07, 6.45) is 3.53. The predicted octanol–water partition coefficient (Wildman–Crippen LogP) is 4.07. The van der Waals surface area contributed by atoms with Crippen LogP contribution in [0.4, 0.5) is 5.69 Å². The van der Waals surface area contributed by atoms with Crippen LogP contribution < -0.4 is 9.47 Å². The molecular weight excluding hydrogens is 466 g/mol. The number of quaternary nitrogens is 1. The third-order valence-corrected chi connectivity index (χ3v) is 7.77. The van der Waals surface area contributed by atoms with Gasteiger partial charge >= 0.3 is 0 Å². The number of aryl methyl sites for hydroxylation is 1. The number of nitrogens with zero attached hydrogens (tertiary/aromatic N) is 3. The summed E-state index contributed by atoms with van der Waals surface area (Å²) < 4.78 is 36.7. The third kappa shape index (κ3) is 6.18. The van der Waals surface area contributed by atoms with E-state index in [0.29, 0.717) is 6.54 Å². The summed E-state index contributed by atoms with van der Waals surface area (Å²) in [5, 5.41) is 2.24. The molecule has 0 N–H and O–H groups in total. The molecule has 4 rings (SSSR count). The van der Waals surface area contributed by atoms with Gasteiger partial charge in [-0.05, 0) is 24.3 Å². The molecule has 6 nitrogen and oxygen atoms in total. The topological polar surface area (TPSA) is 64.3 Å². The first-order chi connectivity index (χ1) is 16.1. The van der Waals surface area contributed by atoms with Crippen LogP contribution in [0.5, 0.6) is 0 Å². The van der Waals surface area contributed by atoms with Gasteiger partial charge in [-0.3, -0.25) is 0 Å². The maximum absolute atomic E-state index is 11.2. The van der Waals surface area contributed by atoms with Crippen molar-refractivity contribution in [3.8, 4) is 0 Å². The van der Waals surface area contributed by atoms with Gasteiger partial charge < -0.3 is 13.9 Å². The van der Waals surface area contributed by atoms with Crippen LogP contribution >= 0.6 is 11.8 Å². The molecule has 1 aromatic heterocycles. The number of hydrogen-bond acceptors (Lipinski definition) is 5. The van der Waals surface area contributed by atoms with E-state index in [4.69, 9.17) is 0 Å². The van der Waals surface area contributed by atoms with E-state index in [0.717, 1.165) is 45.6 Å². The van der Waals surface area contributed by atoms with Crippen molar-refractivity contribution < 1.29 is 22.0 Å². The van der Waals surface area contributed by atoms with Gasteiger partial charge in [-0.25, -0.2) is 8.42 Å². The minimum Gasteiger partial charge on any atom is -0.748 e. The number of benzene rings is 2. The number of pyridine rings is 1. The Morgan fingerprint density at radius 1 is 1.00 bits per heavy atom. The molecule has 1 aliphatic rings. The smallest absolute Gasteiger partial charge is 0.212 e. The van der Waals surface area contributed by atoms with Crippen molar-refractivity contribution in [2.75, 3.05) is 44.9 Å². The highest BCUT2D eigenvalue weighted by Gasteiger charge is 2.27. The summed E-state index contributed by atoms with van der Waals surface area (Å²) in [6.45, 7) is 2.46. The van der Waals surface area contributed by atoms with Crippen molar-refractivity contribution in [3.05, 3.63) is 71.4 Å². The second kappa shape index (κ2) is 10.1. The van der Waals surface area contributed by atoms with Gasteiger partial charge in [-0.15, -0.1) is 0 Å². The standard InChI is InChI=1S/C26H32N3O3S2/c1-29(2,3)18-8-16-28-24-12-6-7-13-25(24)33-26(28)20-22-15-14-21-10-4-5-11-23(21)27(22)17-9-19-34(30,31)32/h4-7,10-15,20H,8-9,16-19H2,1-3H3/q+1. The van der Waals surface area contributed by atoms with Gasteiger partial charge in [0.15, 0.2) is 6.54 Å². The molecule has 0 atom stereocenters. The molecule has 0 radical (unpaired) electrons. The lowest BCUT2D eigenvalue weighted by Crippen LogP contribution is -2.39. The van der Waals surface area contributed by atoms with Crippen molar-refractivity contribution in [3.63, 3.8) is 0 Å². The number of thioether (sulfide) groups is 1. The van der Waals surface area contributed by atoms with E-state index in [1.165, 1.54) is 10.6 Å². The first kappa shape index (κ1) is 24.7. The van der Waals surface area contributed by atoms with E-state index < -0.39 is 10.1 Å². The van der Waals surface area contributed by atoms with Crippen LogP contribution in [0, 0.1) is 0 Å². The van der Waals surface area contributed by atoms with Gasteiger partial charge in [0.05, 0.1) is 48.5 Å². The number of fused-ring (bicyclic) bond motifs is 2. The molecule has 0 amide bonds. The van der Waals surface area contributed by atoms with Gasteiger partial charge in [0, 0.05) is 53.6 Å². The SMILES string of the molecule is C[N+](C)(C)CCCN1/C(=C/c2ccc3ccccc3[n+]2CCCS(=O)(=O)[O-])Sc2ccccc21. The minimum absolute atomic E-state index is 0.279. The Morgan fingerprint density at radius 2 is 1.74 bits per heavy atom. The highest BCUT2D eigenvalue weighted by atomic mass is 32.2. The maximum Gasteiger partial charge on any atom is 0.212 e. The number of rotatable bonds is 9. The fourth-order valence-corrected chi connectivity index (χ4v) is 5.89. The molecule has 0 aliphatic carbocycles. The Morgan fingerprint density at radius 3 is 2.50 bits per heavy atom. The van der Waals surface area contributed by atoms with E-state index in [1.807, 2.05) is 24.3 Å². The average Bonchev–Trinajstić information content (AvgIpc) is 3.10. The van der Waals surface area contributed by atoms with Crippen molar-refractivity contribution in [2.45, 2.75) is 24.3 Å². The second-order valence-electron chi connectivity index (χ2n) is 9.66. The summed E-state index contributed by atoms with van der Waals surface area (Å²) in [7, 11) is 2.39. The summed E-state index contributed by atoms with van der Waals surface area (Å²) in [6, 6.07) is 20.7. The average molecular weight is 499 g/mol. The van der Waals surface area contributed by atoms with Crippen molar-refractivity contribution in [1.82, 2.24) is 0 Å². The van der Waals surface area contributed by atoms with Gasteiger partial charge in [-0.2, -0.15) is 4.57 Å². The van der Waals surface area contributed by atoms with Crippen LogP contribution in [-0.4, -0.2) is 57.4 Å². The first-order valence-corrected chi connectivity index (χ1v) is 13.9. The van der Waals surface area contributed by atoms with Gasteiger partial charge in [0.1, 0.15) is 0 Å². The zero-order valence-corrected chi connectivity index (χ0v) is 21.6. The molecule has 3 aromatic rings. The quantitative estimate of drug-likeness (QED) is 0.253. The third-order valence-electron chi connectivity index (χ3n) is 5.87. The molecule has 2 heterocycles. The van der Waals surface area contributed by atoms with Crippen molar-refractivity contribution >= 4 is 44.5 Å². The Labute approximate surface area is 206 Å². The summed E-state index contributed by atoms with van der Waals surface area (Å²) in [5.41, 5.74) is 3.25. The highest BCUT2D eigenvalue weighted by molar-refractivity contribution is 8.03. The number of aromatic nitrogens is 1. The Hall–Kier alpha value is -2.39. The fourth-order valence-electron chi connectivity index (χ4n) is 4.27. The Balaban J connectivity index is 1.70. The van der Waals surface area contributed by atoms with E-state index >= 15 is 0 Å². The van der Waals surface area contributed by atoms with Crippen LogP contribution in [0.15, 0.2) is 70.6 Å². The monoisotopic (exact) mass is 498 g/mol. The summed E-state index contributed by atoms with van der Waals surface area (Å²) in [5.74, 6) is -0.364. The summed E-state index contributed by atoms with van der Waals surface area (Å²) >= 11 is 1.76. The van der Waals surface area contributed by atoms with Crippen LogP contribution in [-0.2, 0) is 16.7 Å². The van der Waals surface area contributed by atoms with Gasteiger partial charge in [-0.1, -0.05) is 36.0 Å². The largest absolute Gasteiger partial charge is 0.748 e. The first-order valence-electron chi connectivity index (χ1n) is 11.5. The van der Waals surface area contributed by atoms with Crippen LogP contribution in [0.25, 0.3) is 17.0 Å². The lowest BCUT2D eigenvalue weighted by molar-refractivity contribution is -0.870. The molecule has 8 heteroatoms. The second-order valence-corrected chi connectivity index (χ2v) is 12.2. The lowest BCUT2D eigenvalue weighted by Gasteiger charge is -2.26. The van der Waals surface area contributed by atoms with E-state index in [-0.39, 0.29) is 12.2 Å². The molecule has 0 spiro atoms. The number of hydrogen-bond donors (Lipinski definition) is 0. The molecule has 0 saturated heterocycles. The highest BCUT2D eigenvalue weighted by Crippen LogP contribution is 2.46. The Bertz CT molecular complexity index is 1310. The van der Waals surface area contributed by atoms with Crippen LogP contribution in [0.2, 0.25) is 0 Å². The molecule has 180 valence electrons. The van der Waals surface area contributed by atoms with E-state index in [1.54, 1.807) is 11.8 Å². The summed E-state index contributed by atoms with van der Waals surface area (Å²) in [4.78, 5) is 3.63. The fraction of sp³-hybridized carbons (Fsp3) is 0.346. The number of anilines is 1. The molecule has 0 fully saturated rings. The van der Waals surface area contributed by atoms with Gasteiger partial charge in [0.2, 0.25) is 11.2 Å². The van der Waals surface area contributed by atoms with Crippen molar-refractivity contribution in [2.24, 2.45) is 0 Å². The zero-order valence-electron chi connectivity index (χ0n) is 20.0. The predicted molar refractivity (Wildman–Crippen MR) is 138 cm³/mol. The molecule has 34 heavy (non-hydrogen) atoms. The normalized spacial score (nSPS) is 15.3. The Kier molecular flexibility index (Phi) is 7.33. The molecule has 0 saturated carbocycles. The van der Waals surface area contributed by atoms with Crippen LogP contribution in [0.1, 0.15) is 18.5 Å². The minimum atomic E-state index is -4.24. The molecule has 2 aromatic carbocycles. The van der Waals surface area contributed by atoms with E-state index in [2.05, 4.69) is 73.1 Å². The van der Waals surface area contributed by atoms with Gasteiger partial charge in [0.25, 0.3) is 0 Å². The van der Waals surface area contributed by atoms with Crippen LogP contribution in [0.3, 0.4) is 0 Å². The molecular formula is C26H32N3O3S2+. The molecule has 0 bridgehead atoms. The maximum atomic E-state index is 11.2. The lowest BCUT2D eigenvalue weighted by atomic mass is 10.1. The zero-order chi connectivity index (χ0) is 24.3. The molecule has 1 aliphatic heterocycles.